The number of thiophene rings is 1. The first-order valence-electron chi connectivity index (χ1n) is 10.1. The minimum atomic E-state index is -3.55. The number of rotatable bonds is 5. The van der Waals surface area contributed by atoms with E-state index in [4.69, 9.17) is 0 Å². The number of hydrogen-bond donors (Lipinski definition) is 0. The van der Waals surface area contributed by atoms with E-state index in [9.17, 15) is 8.42 Å². The van der Waals surface area contributed by atoms with E-state index in [0.29, 0.717) is 9.79 Å². The zero-order valence-electron chi connectivity index (χ0n) is 16.8. The van der Waals surface area contributed by atoms with E-state index in [0.717, 1.165) is 29.8 Å². The van der Waals surface area contributed by atoms with Crippen molar-refractivity contribution in [3.8, 4) is 11.1 Å². The van der Waals surface area contributed by atoms with Crippen LogP contribution in [0.25, 0.3) is 17.2 Å². The third-order valence-electron chi connectivity index (χ3n) is 5.48. The van der Waals surface area contributed by atoms with Crippen molar-refractivity contribution < 1.29 is 8.42 Å². The topological polar surface area (TPSA) is 37.4 Å². The first-order valence-corrected chi connectivity index (χ1v) is 12.4. The van der Waals surface area contributed by atoms with Crippen molar-refractivity contribution >= 4 is 27.3 Å². The van der Waals surface area contributed by atoms with Crippen LogP contribution in [0.5, 0.6) is 0 Å². The van der Waals surface area contributed by atoms with Crippen LogP contribution in [0.4, 0.5) is 0 Å². The predicted molar refractivity (Wildman–Crippen MR) is 126 cm³/mol. The van der Waals surface area contributed by atoms with Gasteiger partial charge in [0, 0.05) is 17.6 Å². The molecule has 0 saturated heterocycles. The van der Waals surface area contributed by atoms with Gasteiger partial charge in [-0.15, -0.1) is 11.3 Å². The zero-order valence-corrected chi connectivity index (χ0v) is 18.4. The molecule has 0 radical (unpaired) electrons. The van der Waals surface area contributed by atoms with Gasteiger partial charge in [0.1, 0.15) is 0 Å². The fourth-order valence-electron chi connectivity index (χ4n) is 3.76. The minimum absolute atomic E-state index is 0.309. The van der Waals surface area contributed by atoms with Crippen molar-refractivity contribution in [1.82, 2.24) is 4.90 Å². The molecule has 0 unspecified atom stereocenters. The van der Waals surface area contributed by atoms with Crippen LogP contribution in [-0.2, 0) is 22.9 Å². The molecule has 0 saturated carbocycles. The van der Waals surface area contributed by atoms with E-state index in [-0.39, 0.29) is 0 Å². The van der Waals surface area contributed by atoms with Gasteiger partial charge in [0.25, 0.3) is 0 Å². The molecule has 154 valence electrons. The third kappa shape index (κ3) is 4.07. The van der Waals surface area contributed by atoms with Crippen LogP contribution >= 0.6 is 11.3 Å². The highest BCUT2D eigenvalue weighted by Crippen LogP contribution is 2.27. The third-order valence-corrected chi connectivity index (χ3v) is 8.19. The van der Waals surface area contributed by atoms with Crippen molar-refractivity contribution in [2.24, 2.45) is 0 Å². The standard InChI is InChI=1S/C26H21NO2S2/c28-31(29,25-12-8-22(9-13-25)21-4-2-1-3-5-21)24-10-6-20(7-11-24)18-27-16-14-23-15-17-30-26(23)19-27/h1-17H,18-19H2. The van der Waals surface area contributed by atoms with Crippen LogP contribution in [0.3, 0.4) is 0 Å². The Labute approximate surface area is 186 Å². The number of benzene rings is 3. The van der Waals surface area contributed by atoms with Gasteiger partial charge < -0.3 is 4.90 Å². The Kier molecular flexibility index (Phi) is 5.22. The monoisotopic (exact) mass is 443 g/mol. The van der Waals surface area contributed by atoms with E-state index in [2.05, 4.69) is 28.6 Å². The Morgan fingerprint density at radius 1 is 0.774 bits per heavy atom. The van der Waals surface area contributed by atoms with Gasteiger partial charge in [0.05, 0.1) is 16.3 Å². The first-order chi connectivity index (χ1) is 15.1. The summed E-state index contributed by atoms with van der Waals surface area (Å²) in [7, 11) is -3.55. The molecule has 1 aliphatic rings. The fraction of sp³-hybridized carbons (Fsp3) is 0.0769. The van der Waals surface area contributed by atoms with Crippen molar-refractivity contribution in [3.05, 3.63) is 113 Å². The lowest BCUT2D eigenvalue weighted by Crippen LogP contribution is -2.18. The van der Waals surface area contributed by atoms with Crippen LogP contribution < -0.4 is 0 Å². The van der Waals surface area contributed by atoms with Crippen LogP contribution in [0.15, 0.2) is 106 Å². The lowest BCUT2D eigenvalue weighted by atomic mass is 10.1. The fourth-order valence-corrected chi connectivity index (χ4v) is 5.91. The van der Waals surface area contributed by atoms with E-state index < -0.39 is 9.84 Å². The maximum absolute atomic E-state index is 13.1. The molecule has 0 atom stereocenters. The number of nitrogens with zero attached hydrogens (tertiary/aromatic N) is 1. The maximum Gasteiger partial charge on any atom is 0.206 e. The van der Waals surface area contributed by atoms with Gasteiger partial charge in [0.15, 0.2) is 0 Å². The summed E-state index contributed by atoms with van der Waals surface area (Å²) >= 11 is 1.77. The molecule has 0 N–H and O–H groups in total. The second-order valence-electron chi connectivity index (χ2n) is 7.56. The summed E-state index contributed by atoms with van der Waals surface area (Å²) in [5.74, 6) is 0. The molecule has 5 rings (SSSR count). The van der Waals surface area contributed by atoms with Crippen molar-refractivity contribution in [2.45, 2.75) is 22.9 Å². The Morgan fingerprint density at radius 2 is 1.42 bits per heavy atom. The molecule has 4 aromatic rings. The van der Waals surface area contributed by atoms with Crippen molar-refractivity contribution in [2.75, 3.05) is 0 Å². The largest absolute Gasteiger partial charge is 0.368 e. The summed E-state index contributed by atoms with van der Waals surface area (Å²) in [6.45, 7) is 1.64. The zero-order chi connectivity index (χ0) is 21.3. The molecular weight excluding hydrogens is 422 g/mol. The Balaban J connectivity index is 1.32. The number of sulfone groups is 1. The van der Waals surface area contributed by atoms with Gasteiger partial charge in [-0.05, 0) is 64.0 Å². The Bertz CT molecular complexity index is 1320. The average Bonchev–Trinajstić information content (AvgIpc) is 3.28. The second kappa shape index (κ2) is 8.17. The first kappa shape index (κ1) is 19.8. The van der Waals surface area contributed by atoms with Crippen LogP contribution in [-0.4, -0.2) is 13.3 Å². The van der Waals surface area contributed by atoms with E-state index >= 15 is 0 Å². The molecule has 31 heavy (non-hydrogen) atoms. The van der Waals surface area contributed by atoms with E-state index in [1.807, 2.05) is 54.6 Å². The average molecular weight is 444 g/mol. The molecule has 3 aromatic carbocycles. The van der Waals surface area contributed by atoms with Gasteiger partial charge in [-0.3, -0.25) is 0 Å². The molecular formula is C26H21NO2S2. The van der Waals surface area contributed by atoms with E-state index in [1.165, 1.54) is 10.4 Å². The summed E-state index contributed by atoms with van der Waals surface area (Å²) in [5.41, 5.74) is 4.44. The molecule has 0 aliphatic carbocycles. The summed E-state index contributed by atoms with van der Waals surface area (Å²) in [4.78, 5) is 4.23. The van der Waals surface area contributed by atoms with Gasteiger partial charge in [-0.1, -0.05) is 54.6 Å². The van der Waals surface area contributed by atoms with Gasteiger partial charge in [-0.2, -0.15) is 0 Å². The van der Waals surface area contributed by atoms with Crippen LogP contribution in [0, 0.1) is 0 Å². The van der Waals surface area contributed by atoms with Gasteiger partial charge in [-0.25, -0.2) is 8.42 Å². The number of fused-ring (bicyclic) bond motifs is 1. The molecule has 1 aromatic heterocycles. The molecule has 2 heterocycles. The molecule has 3 nitrogen and oxygen atoms in total. The minimum Gasteiger partial charge on any atom is -0.368 e. The summed E-state index contributed by atoms with van der Waals surface area (Å²) < 4.78 is 26.1. The Hall–Kier alpha value is -3.15. The molecule has 1 aliphatic heterocycles. The molecule has 0 amide bonds. The highest BCUT2D eigenvalue weighted by atomic mass is 32.2. The van der Waals surface area contributed by atoms with Gasteiger partial charge >= 0.3 is 0 Å². The summed E-state index contributed by atoms with van der Waals surface area (Å²) in [5, 5.41) is 2.12. The molecule has 0 bridgehead atoms. The lowest BCUT2D eigenvalue weighted by molar-refractivity contribution is 0.363. The van der Waals surface area contributed by atoms with Crippen LogP contribution in [0.2, 0.25) is 0 Å². The summed E-state index contributed by atoms with van der Waals surface area (Å²) in [6.07, 6.45) is 4.24. The van der Waals surface area contributed by atoms with Crippen LogP contribution in [0.1, 0.15) is 16.0 Å². The molecule has 0 spiro atoms. The van der Waals surface area contributed by atoms with Crippen molar-refractivity contribution in [3.63, 3.8) is 0 Å². The Morgan fingerprint density at radius 3 is 2.13 bits per heavy atom. The maximum atomic E-state index is 13.1. The highest BCUT2D eigenvalue weighted by Gasteiger charge is 2.18. The SMILES string of the molecule is O=S(=O)(c1ccc(CN2C=Cc3ccsc3C2)cc1)c1ccc(-c2ccccc2)cc1. The highest BCUT2D eigenvalue weighted by molar-refractivity contribution is 7.91. The molecule has 5 heteroatoms. The smallest absolute Gasteiger partial charge is 0.206 e. The normalized spacial score (nSPS) is 13.2. The van der Waals surface area contributed by atoms with E-state index in [1.54, 1.807) is 35.6 Å². The second-order valence-corrected chi connectivity index (χ2v) is 10.5. The lowest BCUT2D eigenvalue weighted by Gasteiger charge is -2.23. The summed E-state index contributed by atoms with van der Waals surface area (Å²) in [6, 6.07) is 26.4. The van der Waals surface area contributed by atoms with Crippen molar-refractivity contribution in [1.29, 1.82) is 0 Å². The van der Waals surface area contributed by atoms with Gasteiger partial charge in [0.2, 0.25) is 9.84 Å². The number of hydrogen-bond acceptors (Lipinski definition) is 4. The quantitative estimate of drug-likeness (QED) is 0.367. The predicted octanol–water partition coefficient (Wildman–Crippen LogP) is 6.23. The molecule has 0 fully saturated rings.